The second-order valence-electron chi connectivity index (χ2n) is 10.6. The van der Waals surface area contributed by atoms with Gasteiger partial charge in [0, 0.05) is 22.3 Å². The molecule has 0 amide bonds. The minimum Gasteiger partial charge on any atom is -0.457 e. The molecule has 0 bridgehead atoms. The molecule has 212 valence electrons. The van der Waals surface area contributed by atoms with Gasteiger partial charge in [0.05, 0.1) is 11.5 Å². The van der Waals surface area contributed by atoms with E-state index in [1.807, 2.05) is 0 Å². The van der Waals surface area contributed by atoms with E-state index in [0.29, 0.717) is 0 Å². The molecular formula is C28H22O11S2. The fraction of sp³-hybridized carbons (Fsp3) is 0.357. The number of carbonyl (C=O) groups excluding carboxylic acids is 6. The van der Waals surface area contributed by atoms with Crippen molar-refractivity contribution in [2.75, 3.05) is 11.5 Å². The quantitative estimate of drug-likeness (QED) is 0.442. The normalized spacial score (nSPS) is 27.6. The predicted molar refractivity (Wildman–Crippen MR) is 141 cm³/mol. The lowest BCUT2D eigenvalue weighted by Gasteiger charge is -2.11. The van der Waals surface area contributed by atoms with Crippen molar-refractivity contribution >= 4 is 54.4 Å². The molecule has 2 aliphatic heterocycles. The molecule has 4 aliphatic rings. The number of hydrogen-bond donors (Lipinski definition) is 0. The second-order valence-corrected chi connectivity index (χ2v) is 15.2. The molecule has 0 N–H and O–H groups in total. The summed E-state index contributed by atoms with van der Waals surface area (Å²) in [5.74, 6) is -8.73. The first-order chi connectivity index (χ1) is 19.3. The molecular weight excluding hydrogens is 576 g/mol. The number of hydrogen-bond acceptors (Lipinski definition) is 11. The van der Waals surface area contributed by atoms with E-state index in [0.717, 1.165) is 0 Å². The molecule has 6 rings (SSSR count). The largest absolute Gasteiger partial charge is 0.457 e. The van der Waals surface area contributed by atoms with Crippen molar-refractivity contribution in [2.45, 2.75) is 36.2 Å². The van der Waals surface area contributed by atoms with Crippen molar-refractivity contribution in [3.8, 4) is 11.5 Å². The Morgan fingerprint density at radius 2 is 0.951 bits per heavy atom. The van der Waals surface area contributed by atoms with Crippen LogP contribution in [0.15, 0.2) is 36.4 Å². The second kappa shape index (κ2) is 9.35. The zero-order valence-electron chi connectivity index (χ0n) is 21.3. The van der Waals surface area contributed by atoms with Crippen LogP contribution >= 0.6 is 0 Å². The third kappa shape index (κ3) is 4.21. The van der Waals surface area contributed by atoms with E-state index in [1.54, 1.807) is 0 Å². The molecule has 0 spiro atoms. The Balaban J connectivity index is 1.23. The van der Waals surface area contributed by atoms with Crippen molar-refractivity contribution in [1.82, 2.24) is 0 Å². The van der Waals surface area contributed by atoms with E-state index in [2.05, 4.69) is 0 Å². The summed E-state index contributed by atoms with van der Waals surface area (Å²) in [5, 5.41) is -2.77. The maximum absolute atomic E-state index is 13.1. The summed E-state index contributed by atoms with van der Waals surface area (Å²) in [4.78, 5) is 77.7. The van der Waals surface area contributed by atoms with E-state index < -0.39 is 76.7 Å². The van der Waals surface area contributed by atoms with E-state index in [-0.39, 0.29) is 70.9 Å². The summed E-state index contributed by atoms with van der Waals surface area (Å²) < 4.78 is 54.7. The van der Waals surface area contributed by atoms with Crippen LogP contribution in [-0.2, 0) is 29.3 Å². The van der Waals surface area contributed by atoms with Crippen LogP contribution in [0.1, 0.15) is 67.1 Å². The topological polar surface area (TPSA) is 180 Å². The number of ether oxygens (including phenoxy) is 1. The van der Waals surface area contributed by atoms with E-state index in [4.69, 9.17) is 4.74 Å². The molecule has 2 fully saturated rings. The van der Waals surface area contributed by atoms with Gasteiger partial charge in [-0.25, -0.2) is 16.8 Å². The third-order valence-electron chi connectivity index (χ3n) is 8.19. The Morgan fingerprint density at radius 1 is 0.585 bits per heavy atom. The smallest absolute Gasteiger partial charge is 0.182 e. The van der Waals surface area contributed by atoms with Crippen LogP contribution in [0.5, 0.6) is 11.5 Å². The number of Topliss-reactive ketones (excluding diaryl/α,β-unsaturated/α-hetero) is 6. The number of carbonyl (C=O) groups is 6. The van der Waals surface area contributed by atoms with E-state index in [1.165, 1.54) is 36.4 Å². The number of benzene rings is 2. The van der Waals surface area contributed by atoms with Gasteiger partial charge in [-0.2, -0.15) is 0 Å². The molecule has 13 heteroatoms. The summed E-state index contributed by atoms with van der Waals surface area (Å²) in [6.45, 7) is 0. The number of ketones is 6. The lowest BCUT2D eigenvalue weighted by Crippen LogP contribution is -2.37. The lowest BCUT2D eigenvalue weighted by atomic mass is 9.95. The highest BCUT2D eigenvalue weighted by Gasteiger charge is 2.51. The van der Waals surface area contributed by atoms with Crippen LogP contribution in [0.4, 0.5) is 0 Å². The van der Waals surface area contributed by atoms with Gasteiger partial charge in [-0.1, -0.05) is 0 Å². The minimum absolute atomic E-state index is 0.0333. The predicted octanol–water partition coefficient (Wildman–Crippen LogP) is 1.76. The van der Waals surface area contributed by atoms with Gasteiger partial charge in [-0.05, 0) is 62.1 Å². The first kappa shape index (κ1) is 27.3. The Hall–Kier alpha value is -3.84. The van der Waals surface area contributed by atoms with Crippen molar-refractivity contribution in [3.63, 3.8) is 0 Å². The molecule has 0 aromatic heterocycles. The van der Waals surface area contributed by atoms with Gasteiger partial charge in [-0.3, -0.25) is 28.8 Å². The number of sulfone groups is 2. The molecule has 0 saturated carbocycles. The highest BCUT2D eigenvalue weighted by atomic mass is 32.2. The summed E-state index contributed by atoms with van der Waals surface area (Å²) in [5.41, 5.74) is -0.266. The standard InChI is InChI=1S/C28H22O11S2/c29-23-15-7-5-13(11-17(15)25(31)21(23)27(33)19-3-1-9-40(19,35)36)39-14-6-8-16-18(12-14)26(32)22(24(16)30)28(34)20-4-2-10-41(20,37)38/h5-8,11-12,19-22H,1-4,9-10H2. The molecule has 2 aliphatic carbocycles. The lowest BCUT2D eigenvalue weighted by molar-refractivity contribution is -0.120. The monoisotopic (exact) mass is 598 g/mol. The zero-order chi connectivity index (χ0) is 29.4. The Morgan fingerprint density at radius 3 is 1.29 bits per heavy atom. The summed E-state index contributed by atoms with van der Waals surface area (Å²) in [6.07, 6.45) is 0.682. The van der Waals surface area contributed by atoms with Crippen LogP contribution in [0, 0.1) is 11.8 Å². The van der Waals surface area contributed by atoms with Gasteiger partial charge in [-0.15, -0.1) is 0 Å². The van der Waals surface area contributed by atoms with Crippen molar-refractivity contribution in [3.05, 3.63) is 58.7 Å². The average molecular weight is 599 g/mol. The Bertz CT molecular complexity index is 1700. The highest BCUT2D eigenvalue weighted by molar-refractivity contribution is 7.93. The van der Waals surface area contributed by atoms with Crippen LogP contribution in [0.3, 0.4) is 0 Å². The van der Waals surface area contributed by atoms with Gasteiger partial charge < -0.3 is 4.74 Å². The molecule has 2 saturated heterocycles. The van der Waals surface area contributed by atoms with Gasteiger partial charge in [0.25, 0.3) is 0 Å². The summed E-state index contributed by atoms with van der Waals surface area (Å²) in [7, 11) is -7.44. The third-order valence-corrected chi connectivity index (χ3v) is 12.6. The van der Waals surface area contributed by atoms with Crippen LogP contribution < -0.4 is 4.74 Å². The van der Waals surface area contributed by atoms with Crippen molar-refractivity contribution in [2.24, 2.45) is 11.8 Å². The fourth-order valence-electron chi connectivity index (χ4n) is 6.12. The van der Waals surface area contributed by atoms with Crippen LogP contribution in [0.25, 0.3) is 0 Å². The molecule has 41 heavy (non-hydrogen) atoms. The Labute approximate surface area is 234 Å². The van der Waals surface area contributed by atoms with E-state index >= 15 is 0 Å². The van der Waals surface area contributed by atoms with E-state index in [9.17, 15) is 45.6 Å². The first-order valence-electron chi connectivity index (χ1n) is 13.0. The molecule has 2 aromatic rings. The molecule has 2 heterocycles. The van der Waals surface area contributed by atoms with Crippen LogP contribution in [0.2, 0.25) is 0 Å². The van der Waals surface area contributed by atoms with Gasteiger partial charge in [0.1, 0.15) is 33.8 Å². The number of fused-ring (bicyclic) bond motifs is 2. The molecule has 0 radical (unpaired) electrons. The average Bonchev–Trinajstić information content (AvgIpc) is 3.60. The SMILES string of the molecule is O=C1c2ccc(Oc3ccc4c(c3)C(=O)C(C(=O)C3CCCS3(=O)=O)C4=O)cc2C(=O)C1C(=O)C1CCCS1(=O)=O. The summed E-state index contributed by atoms with van der Waals surface area (Å²) >= 11 is 0. The number of rotatable bonds is 6. The van der Waals surface area contributed by atoms with Gasteiger partial charge in [0.15, 0.2) is 54.4 Å². The molecule has 4 atom stereocenters. The van der Waals surface area contributed by atoms with Gasteiger partial charge >= 0.3 is 0 Å². The first-order valence-corrected chi connectivity index (χ1v) is 16.4. The van der Waals surface area contributed by atoms with Crippen molar-refractivity contribution in [1.29, 1.82) is 0 Å². The van der Waals surface area contributed by atoms with Crippen LogP contribution in [-0.4, -0.2) is 73.5 Å². The maximum Gasteiger partial charge on any atom is 0.182 e. The minimum atomic E-state index is -3.72. The molecule has 11 nitrogen and oxygen atoms in total. The Kier molecular flexibility index (Phi) is 6.23. The van der Waals surface area contributed by atoms with Gasteiger partial charge in [0.2, 0.25) is 0 Å². The van der Waals surface area contributed by atoms with Crippen molar-refractivity contribution < 1.29 is 50.3 Å². The molecule has 4 unspecified atom stereocenters. The fourth-order valence-corrected chi connectivity index (χ4v) is 9.86. The highest BCUT2D eigenvalue weighted by Crippen LogP contribution is 2.37. The summed E-state index contributed by atoms with van der Waals surface area (Å²) in [6, 6.07) is 7.79. The zero-order valence-corrected chi connectivity index (χ0v) is 23.0. The maximum atomic E-state index is 13.1. The molecule has 2 aromatic carbocycles.